The van der Waals surface area contributed by atoms with Gasteiger partial charge in [-0.05, 0) is 32.4 Å². The molecule has 0 heterocycles. The Morgan fingerprint density at radius 3 is 2.08 bits per heavy atom. The Kier molecular flexibility index (Phi) is 8.78. The molecule has 1 rings (SSSR count). The average Bonchev–Trinajstić information content (AvgIpc) is 2.59. The minimum Gasteiger partial charge on any atom is -0.385 e. The summed E-state index contributed by atoms with van der Waals surface area (Å²) in [6.07, 6.45) is 3.07. The zero-order chi connectivity index (χ0) is 18.1. The largest absolute Gasteiger partial charge is 0.385 e. The Morgan fingerprint density at radius 2 is 1.58 bits per heavy atom. The Labute approximate surface area is 140 Å². The third kappa shape index (κ3) is 5.21. The lowest BCUT2D eigenvalue weighted by atomic mass is 10.1. The Hall–Kier alpha value is -1.60. The van der Waals surface area contributed by atoms with Crippen molar-refractivity contribution in [3.05, 3.63) is 34.9 Å². The summed E-state index contributed by atoms with van der Waals surface area (Å²) in [5, 5.41) is 2.38. The van der Waals surface area contributed by atoms with Gasteiger partial charge in [-0.15, -0.1) is 0 Å². The molecule has 0 unspecified atom stereocenters. The van der Waals surface area contributed by atoms with Crippen molar-refractivity contribution >= 4 is 11.8 Å². The topological polar surface area (TPSA) is 25.7 Å². The standard InChI is InChI=1S/C17H24F4N2O/c1-4-23(5-2)10-6-8-12-13(18)15(20)17(16(21)14(12)19)22-9-7-11-24-3/h6,8,22H,4-5,7,9-11H2,1-3H3/p+1/b8-6+. The number of anilines is 1. The highest BCUT2D eigenvalue weighted by atomic mass is 19.2. The van der Waals surface area contributed by atoms with E-state index in [1.54, 1.807) is 0 Å². The predicted octanol–water partition coefficient (Wildman–Crippen LogP) is 2.63. The quantitative estimate of drug-likeness (QED) is 0.386. The molecule has 136 valence electrons. The molecule has 3 nitrogen and oxygen atoms in total. The fourth-order valence-electron chi connectivity index (χ4n) is 2.26. The van der Waals surface area contributed by atoms with E-state index in [0.717, 1.165) is 19.2 Å². The van der Waals surface area contributed by atoms with Crippen LogP contribution in [0.3, 0.4) is 0 Å². The van der Waals surface area contributed by atoms with Crippen LogP contribution in [-0.2, 0) is 4.74 Å². The van der Waals surface area contributed by atoms with Gasteiger partial charge in [0.1, 0.15) is 5.69 Å². The highest BCUT2D eigenvalue weighted by Gasteiger charge is 2.23. The molecule has 0 atom stereocenters. The number of hydrogen-bond donors (Lipinski definition) is 2. The first kappa shape index (κ1) is 20.4. The summed E-state index contributed by atoms with van der Waals surface area (Å²) in [6, 6.07) is 0. The zero-order valence-corrected chi connectivity index (χ0v) is 14.3. The molecular formula is C17H25F4N2O+. The lowest BCUT2D eigenvalue weighted by Crippen LogP contribution is -3.11. The van der Waals surface area contributed by atoms with Crippen molar-refractivity contribution in [3.63, 3.8) is 0 Å². The smallest absolute Gasteiger partial charge is 0.185 e. The first-order valence-electron chi connectivity index (χ1n) is 8.06. The maximum absolute atomic E-state index is 14.1. The van der Waals surface area contributed by atoms with Crippen molar-refractivity contribution in [2.24, 2.45) is 0 Å². The molecule has 0 saturated carbocycles. The first-order chi connectivity index (χ1) is 11.5. The number of rotatable bonds is 10. The lowest BCUT2D eigenvalue weighted by Gasteiger charge is -2.13. The van der Waals surface area contributed by atoms with Gasteiger partial charge in [-0.25, -0.2) is 17.6 Å². The number of hydrogen-bond acceptors (Lipinski definition) is 2. The number of nitrogens with one attached hydrogen (secondary N) is 2. The van der Waals surface area contributed by atoms with Gasteiger partial charge in [0, 0.05) is 20.3 Å². The van der Waals surface area contributed by atoms with Crippen molar-refractivity contribution in [1.29, 1.82) is 0 Å². The van der Waals surface area contributed by atoms with Crippen LogP contribution in [0.5, 0.6) is 0 Å². The second-order valence-corrected chi connectivity index (χ2v) is 5.38. The number of ether oxygens (including phenoxy) is 1. The van der Waals surface area contributed by atoms with E-state index in [2.05, 4.69) is 5.32 Å². The molecule has 0 radical (unpaired) electrons. The molecule has 0 saturated heterocycles. The van der Waals surface area contributed by atoms with E-state index in [-0.39, 0.29) is 6.54 Å². The Bertz CT molecular complexity index is 531. The van der Waals surface area contributed by atoms with Gasteiger partial charge in [0.25, 0.3) is 0 Å². The Balaban J connectivity index is 2.98. The first-order valence-corrected chi connectivity index (χ1v) is 8.06. The van der Waals surface area contributed by atoms with Crippen molar-refractivity contribution in [1.82, 2.24) is 0 Å². The maximum atomic E-state index is 14.1. The maximum Gasteiger partial charge on any atom is 0.185 e. The molecular weight excluding hydrogens is 324 g/mol. The van der Waals surface area contributed by atoms with Gasteiger partial charge in [-0.3, -0.25) is 0 Å². The van der Waals surface area contributed by atoms with E-state index < -0.39 is 34.5 Å². The fraction of sp³-hybridized carbons (Fsp3) is 0.529. The summed E-state index contributed by atoms with van der Waals surface area (Å²) in [7, 11) is 1.49. The van der Waals surface area contributed by atoms with E-state index in [9.17, 15) is 17.6 Å². The summed E-state index contributed by atoms with van der Waals surface area (Å²) >= 11 is 0. The van der Waals surface area contributed by atoms with E-state index >= 15 is 0 Å². The highest BCUT2D eigenvalue weighted by Crippen LogP contribution is 2.28. The SMILES string of the molecule is CC[NH+](CC)C/C=C/c1c(F)c(F)c(NCCCOC)c(F)c1F. The van der Waals surface area contributed by atoms with E-state index in [4.69, 9.17) is 4.74 Å². The summed E-state index contributed by atoms with van der Waals surface area (Å²) in [4.78, 5) is 1.18. The van der Waals surface area contributed by atoms with Gasteiger partial charge in [-0.1, -0.05) is 0 Å². The summed E-state index contributed by atoms with van der Waals surface area (Å²) in [5.74, 6) is -5.62. The van der Waals surface area contributed by atoms with Gasteiger partial charge in [0.2, 0.25) is 0 Å². The molecule has 0 aliphatic rings. The molecule has 24 heavy (non-hydrogen) atoms. The molecule has 0 spiro atoms. The fourth-order valence-corrected chi connectivity index (χ4v) is 2.26. The van der Waals surface area contributed by atoms with Gasteiger partial charge < -0.3 is 15.0 Å². The third-order valence-corrected chi connectivity index (χ3v) is 3.82. The van der Waals surface area contributed by atoms with Crippen molar-refractivity contribution < 1.29 is 27.2 Å². The second kappa shape index (κ2) is 10.3. The van der Waals surface area contributed by atoms with Crippen LogP contribution in [0.1, 0.15) is 25.8 Å². The van der Waals surface area contributed by atoms with Crippen LogP contribution in [0.15, 0.2) is 6.08 Å². The zero-order valence-electron chi connectivity index (χ0n) is 14.3. The molecule has 0 aliphatic heterocycles. The lowest BCUT2D eigenvalue weighted by molar-refractivity contribution is -0.890. The summed E-state index contributed by atoms with van der Waals surface area (Å²) < 4.78 is 61.0. The average molecular weight is 349 g/mol. The highest BCUT2D eigenvalue weighted by molar-refractivity contribution is 5.58. The van der Waals surface area contributed by atoms with Crippen molar-refractivity contribution in [2.75, 3.05) is 45.2 Å². The molecule has 0 amide bonds. The van der Waals surface area contributed by atoms with Crippen LogP contribution in [-0.4, -0.2) is 39.9 Å². The van der Waals surface area contributed by atoms with E-state index in [0.29, 0.717) is 19.6 Å². The van der Waals surface area contributed by atoms with Crippen LogP contribution in [0.25, 0.3) is 6.08 Å². The summed E-state index contributed by atoms with van der Waals surface area (Å²) in [6.45, 7) is 6.69. The monoisotopic (exact) mass is 349 g/mol. The number of methoxy groups -OCH3 is 1. The number of likely N-dealkylation sites (N-methyl/N-ethyl adjacent to an activating group) is 1. The summed E-state index contributed by atoms with van der Waals surface area (Å²) in [5.41, 5.74) is -1.48. The molecule has 0 fully saturated rings. The van der Waals surface area contributed by atoms with Crippen LogP contribution >= 0.6 is 0 Å². The minimum absolute atomic E-state index is 0.140. The predicted molar refractivity (Wildman–Crippen MR) is 87.2 cm³/mol. The molecule has 0 aromatic heterocycles. The van der Waals surface area contributed by atoms with Gasteiger partial charge in [0.15, 0.2) is 23.3 Å². The normalized spacial score (nSPS) is 11.7. The number of benzene rings is 1. The van der Waals surface area contributed by atoms with E-state index in [1.807, 2.05) is 13.8 Å². The van der Waals surface area contributed by atoms with Crippen molar-refractivity contribution in [3.8, 4) is 0 Å². The van der Waals surface area contributed by atoms with Gasteiger partial charge in [0.05, 0.1) is 25.2 Å². The molecule has 2 N–H and O–H groups in total. The van der Waals surface area contributed by atoms with E-state index in [1.165, 1.54) is 18.1 Å². The van der Waals surface area contributed by atoms with Crippen LogP contribution in [0.2, 0.25) is 0 Å². The van der Waals surface area contributed by atoms with Crippen LogP contribution < -0.4 is 10.2 Å². The number of halogens is 4. The van der Waals surface area contributed by atoms with Gasteiger partial charge in [-0.2, -0.15) is 0 Å². The van der Waals surface area contributed by atoms with Crippen LogP contribution in [0, 0.1) is 23.3 Å². The molecule has 1 aromatic carbocycles. The molecule has 1 aromatic rings. The minimum atomic E-state index is -1.42. The molecule has 7 heteroatoms. The van der Waals surface area contributed by atoms with Gasteiger partial charge >= 0.3 is 0 Å². The van der Waals surface area contributed by atoms with Crippen LogP contribution in [0.4, 0.5) is 23.2 Å². The van der Waals surface area contributed by atoms with Crippen molar-refractivity contribution in [2.45, 2.75) is 20.3 Å². The second-order valence-electron chi connectivity index (χ2n) is 5.38. The Morgan fingerprint density at radius 1 is 1.00 bits per heavy atom. The molecule has 0 aliphatic carbocycles. The third-order valence-electron chi connectivity index (χ3n) is 3.82. The molecule has 0 bridgehead atoms. The number of quaternary nitrogens is 1.